The van der Waals surface area contributed by atoms with Crippen molar-refractivity contribution in [3.8, 4) is 0 Å². The van der Waals surface area contributed by atoms with E-state index in [0.717, 1.165) is 11.1 Å². The fourth-order valence-electron chi connectivity index (χ4n) is 0.890. The molecule has 3 nitrogen and oxygen atoms in total. The van der Waals surface area contributed by atoms with Gasteiger partial charge in [0.2, 0.25) is 0 Å². The summed E-state index contributed by atoms with van der Waals surface area (Å²) in [5.74, 6) is 0.184. The largest absolute Gasteiger partial charge is 1.00 e. The minimum atomic E-state index is -4.19. The molecule has 0 unspecified atom stereocenters. The zero-order valence-corrected chi connectivity index (χ0v) is 12.0. The molecule has 0 radical (unpaired) electrons. The van der Waals surface area contributed by atoms with E-state index in [1.54, 1.807) is 18.2 Å². The van der Waals surface area contributed by atoms with Crippen LogP contribution in [-0.2, 0) is 14.9 Å². The maximum atomic E-state index is 10.3. The summed E-state index contributed by atoms with van der Waals surface area (Å²) in [6, 6.07) is 7.19. The predicted molar refractivity (Wildman–Crippen MR) is 57.5 cm³/mol. The maximum absolute atomic E-state index is 10.3. The molecule has 0 bridgehead atoms. The predicted octanol–water partition coefficient (Wildman–Crippen LogP) is -0.973. The van der Waals surface area contributed by atoms with Crippen LogP contribution < -0.4 is 29.6 Å². The van der Waals surface area contributed by atoms with Crippen molar-refractivity contribution in [3.05, 3.63) is 42.0 Å². The molecule has 0 aliphatic heterocycles. The van der Waals surface area contributed by atoms with Gasteiger partial charge in [0, 0.05) is 5.75 Å². The normalized spacial score (nSPS) is 10.5. The van der Waals surface area contributed by atoms with E-state index in [1.807, 2.05) is 12.1 Å². The molecule has 0 aromatic heterocycles. The van der Waals surface area contributed by atoms with Gasteiger partial charge in [0.15, 0.2) is 0 Å². The van der Waals surface area contributed by atoms with Crippen molar-refractivity contribution in [2.24, 2.45) is 0 Å². The third-order valence-electron chi connectivity index (χ3n) is 1.59. The molecule has 0 aliphatic carbocycles. The second-order valence-electron chi connectivity index (χ2n) is 2.62. The Labute approximate surface area is 115 Å². The van der Waals surface area contributed by atoms with E-state index in [1.165, 1.54) is 0 Å². The van der Waals surface area contributed by atoms with Crippen LogP contribution in [0.1, 0.15) is 11.1 Å². The van der Waals surface area contributed by atoms with Crippen LogP contribution in [0.5, 0.6) is 0 Å². The molecular formula is C9H9NaO3S2. The summed E-state index contributed by atoms with van der Waals surface area (Å²) >= 11 is 0. The van der Waals surface area contributed by atoms with E-state index < -0.39 is 9.15 Å². The molecule has 6 heteroatoms. The average molecular weight is 252 g/mol. The zero-order chi connectivity index (χ0) is 10.6. The summed E-state index contributed by atoms with van der Waals surface area (Å²) in [4.78, 5) is 0. The summed E-state index contributed by atoms with van der Waals surface area (Å²) in [5.41, 5.74) is 1.77. The van der Waals surface area contributed by atoms with Crippen LogP contribution >= 0.6 is 10.8 Å². The molecule has 76 valence electrons. The summed E-state index contributed by atoms with van der Waals surface area (Å²) in [7, 11) is -3.80. The fraction of sp³-hybridized carbons (Fsp3) is 0.111. The van der Waals surface area contributed by atoms with Gasteiger partial charge < -0.3 is 4.55 Å². The van der Waals surface area contributed by atoms with Crippen LogP contribution in [0.4, 0.5) is 0 Å². The van der Waals surface area contributed by atoms with E-state index in [0.29, 0.717) is 10.8 Å². The first kappa shape index (κ1) is 15.2. The van der Waals surface area contributed by atoms with Gasteiger partial charge in [-0.25, -0.2) is 8.42 Å². The average Bonchev–Trinajstić information content (AvgIpc) is 2.14. The fourth-order valence-corrected chi connectivity index (χ4v) is 2.20. The number of benzene rings is 1. The topological polar surface area (TPSA) is 57.2 Å². The Bertz CT molecular complexity index is 411. The van der Waals surface area contributed by atoms with Crippen LogP contribution in [-0.4, -0.2) is 13.0 Å². The third kappa shape index (κ3) is 6.40. The van der Waals surface area contributed by atoms with Gasteiger partial charge in [-0.1, -0.05) is 36.9 Å². The van der Waals surface area contributed by atoms with Crippen molar-refractivity contribution in [3.63, 3.8) is 0 Å². The smallest absolute Gasteiger partial charge is 0.739 e. The standard InChI is InChI=1S/C9H10O3S2.Na/c1-2-8-3-5-9(6-4-8)7-13-14(10,11)12;/h2-6H,1,7H2,(H,10,11,12);/q;+1/p-1. The molecular weight excluding hydrogens is 243 g/mol. The quantitative estimate of drug-likeness (QED) is 0.393. The number of hydrogen-bond donors (Lipinski definition) is 0. The van der Waals surface area contributed by atoms with E-state index in [9.17, 15) is 13.0 Å². The van der Waals surface area contributed by atoms with Crippen LogP contribution in [0, 0.1) is 0 Å². The van der Waals surface area contributed by atoms with Gasteiger partial charge in [-0.2, -0.15) is 0 Å². The van der Waals surface area contributed by atoms with E-state index in [4.69, 9.17) is 0 Å². The van der Waals surface area contributed by atoms with Crippen molar-refractivity contribution in [1.82, 2.24) is 0 Å². The van der Waals surface area contributed by atoms with Crippen LogP contribution in [0.3, 0.4) is 0 Å². The second-order valence-corrected chi connectivity index (χ2v) is 5.89. The maximum Gasteiger partial charge on any atom is 1.00 e. The van der Waals surface area contributed by atoms with Crippen molar-refractivity contribution in [2.45, 2.75) is 5.75 Å². The molecule has 0 atom stereocenters. The Morgan fingerprint density at radius 2 is 1.87 bits per heavy atom. The van der Waals surface area contributed by atoms with Gasteiger partial charge in [-0.05, 0) is 21.9 Å². The Morgan fingerprint density at radius 3 is 2.27 bits per heavy atom. The zero-order valence-electron chi connectivity index (χ0n) is 8.34. The monoisotopic (exact) mass is 252 g/mol. The summed E-state index contributed by atoms with van der Waals surface area (Å²) in [6.45, 7) is 3.59. The van der Waals surface area contributed by atoms with Crippen LogP contribution in [0.15, 0.2) is 30.8 Å². The Hall–Kier alpha value is 0.220. The molecule has 0 saturated carbocycles. The van der Waals surface area contributed by atoms with Gasteiger partial charge in [0.05, 0.1) is 0 Å². The first-order chi connectivity index (χ1) is 6.51. The molecule has 1 rings (SSSR count). The van der Waals surface area contributed by atoms with Crippen LogP contribution in [0.2, 0.25) is 0 Å². The molecule has 0 fully saturated rings. The molecule has 1 aromatic carbocycles. The molecule has 15 heavy (non-hydrogen) atoms. The summed E-state index contributed by atoms with van der Waals surface area (Å²) in [6.07, 6.45) is 1.70. The van der Waals surface area contributed by atoms with Gasteiger partial charge in [0.1, 0.15) is 9.15 Å². The van der Waals surface area contributed by atoms with Crippen molar-refractivity contribution in [2.75, 3.05) is 0 Å². The second kappa shape index (κ2) is 6.73. The minimum Gasteiger partial charge on any atom is -0.739 e. The van der Waals surface area contributed by atoms with Gasteiger partial charge in [0.25, 0.3) is 0 Å². The van der Waals surface area contributed by atoms with Crippen molar-refractivity contribution >= 4 is 26.0 Å². The van der Waals surface area contributed by atoms with Gasteiger partial charge >= 0.3 is 29.6 Å². The van der Waals surface area contributed by atoms with Crippen molar-refractivity contribution in [1.29, 1.82) is 0 Å². The Morgan fingerprint density at radius 1 is 1.33 bits per heavy atom. The molecule has 0 aliphatic rings. The Kier molecular flexibility index (Phi) is 6.83. The SMILES string of the molecule is C=Cc1ccc(CSS(=O)(=O)[O-])cc1.[Na+]. The minimum absolute atomic E-state index is 0. The first-order valence-corrected chi connectivity index (χ1v) is 6.74. The molecule has 0 N–H and O–H groups in total. The van der Waals surface area contributed by atoms with E-state index in [-0.39, 0.29) is 35.3 Å². The number of hydrogen-bond acceptors (Lipinski definition) is 4. The summed E-state index contributed by atoms with van der Waals surface area (Å²) in [5, 5.41) is 0. The van der Waals surface area contributed by atoms with Gasteiger partial charge in [-0.15, -0.1) is 0 Å². The third-order valence-corrected chi connectivity index (χ3v) is 3.54. The van der Waals surface area contributed by atoms with E-state index >= 15 is 0 Å². The molecule has 0 saturated heterocycles. The van der Waals surface area contributed by atoms with Gasteiger partial charge in [-0.3, -0.25) is 0 Å². The van der Waals surface area contributed by atoms with E-state index in [2.05, 4.69) is 6.58 Å². The molecule has 0 spiro atoms. The molecule has 0 heterocycles. The molecule has 1 aromatic rings. The number of rotatable bonds is 4. The Balaban J connectivity index is 0.00000196. The van der Waals surface area contributed by atoms with Crippen LogP contribution in [0.25, 0.3) is 6.08 Å². The van der Waals surface area contributed by atoms with Crippen molar-refractivity contribution < 1.29 is 42.5 Å². The first-order valence-electron chi connectivity index (χ1n) is 3.83. The summed E-state index contributed by atoms with van der Waals surface area (Å²) < 4.78 is 31.0. The molecule has 0 amide bonds.